The number of amides is 2. The first-order valence-electron chi connectivity index (χ1n) is 9.20. The van der Waals surface area contributed by atoms with E-state index in [0.717, 1.165) is 16.8 Å². The predicted molar refractivity (Wildman–Crippen MR) is 109 cm³/mol. The summed E-state index contributed by atoms with van der Waals surface area (Å²) in [5.41, 5.74) is 2.50. The molecule has 0 radical (unpaired) electrons. The lowest BCUT2D eigenvalue weighted by Crippen LogP contribution is -2.24. The molecule has 8 heteroatoms. The quantitative estimate of drug-likeness (QED) is 0.651. The number of carbonyl (C=O) groups excluding carboxylic acids is 2. The van der Waals surface area contributed by atoms with Crippen LogP contribution in [0.5, 0.6) is 0 Å². The third-order valence-electron chi connectivity index (χ3n) is 4.80. The number of hydrogen-bond donors (Lipinski definition) is 2. The van der Waals surface area contributed by atoms with Gasteiger partial charge in [0, 0.05) is 10.6 Å². The predicted octanol–water partition coefficient (Wildman–Crippen LogP) is 4.43. The summed E-state index contributed by atoms with van der Waals surface area (Å²) in [5.74, 6) is -0.797. The summed E-state index contributed by atoms with van der Waals surface area (Å²) < 4.78 is 15.3. The average molecular weight is 413 g/mol. The number of carbonyl (C=O) groups is 2. The number of rotatable bonds is 5. The van der Waals surface area contributed by atoms with Crippen molar-refractivity contribution >= 4 is 34.9 Å². The zero-order chi connectivity index (χ0) is 20.5. The van der Waals surface area contributed by atoms with Crippen LogP contribution in [0.15, 0.2) is 48.5 Å². The second-order valence-corrected chi connectivity index (χ2v) is 7.15. The molecule has 3 aromatic rings. The zero-order valence-electron chi connectivity index (χ0n) is 15.6. The highest BCUT2D eigenvalue weighted by Gasteiger charge is 2.36. The molecule has 0 aliphatic carbocycles. The number of aromatic nitrogens is 2. The molecule has 2 aromatic carbocycles. The fraction of sp³-hybridized carbons (Fsp3) is 0.190. The van der Waals surface area contributed by atoms with E-state index in [1.807, 2.05) is 25.1 Å². The molecule has 0 saturated carbocycles. The SMILES string of the molecule is CCc1nn2c(c1-c1cccc(Cl)c1)NC(=O)C2CC(=O)Nc1ccccc1F. The minimum absolute atomic E-state index is 0.0745. The Kier molecular flexibility index (Phi) is 5.07. The van der Waals surface area contributed by atoms with Gasteiger partial charge in [-0.25, -0.2) is 9.07 Å². The Balaban J connectivity index is 1.63. The first kappa shape index (κ1) is 19.1. The van der Waals surface area contributed by atoms with Crippen LogP contribution in [-0.4, -0.2) is 21.6 Å². The van der Waals surface area contributed by atoms with E-state index in [1.165, 1.54) is 18.2 Å². The fourth-order valence-electron chi connectivity index (χ4n) is 3.45. The normalized spacial score (nSPS) is 15.1. The van der Waals surface area contributed by atoms with Gasteiger partial charge in [-0.2, -0.15) is 5.10 Å². The topological polar surface area (TPSA) is 76.0 Å². The molecule has 0 fully saturated rings. The lowest BCUT2D eigenvalue weighted by molar-refractivity contribution is -0.123. The number of nitrogens with one attached hydrogen (secondary N) is 2. The molecule has 4 rings (SSSR count). The van der Waals surface area contributed by atoms with Crippen molar-refractivity contribution < 1.29 is 14.0 Å². The van der Waals surface area contributed by atoms with E-state index in [4.69, 9.17) is 11.6 Å². The number of hydrogen-bond acceptors (Lipinski definition) is 3. The van der Waals surface area contributed by atoms with E-state index >= 15 is 0 Å². The van der Waals surface area contributed by atoms with Gasteiger partial charge in [-0.3, -0.25) is 9.59 Å². The molecule has 2 heterocycles. The van der Waals surface area contributed by atoms with Gasteiger partial charge in [0.1, 0.15) is 17.7 Å². The second kappa shape index (κ2) is 7.67. The molecular weight excluding hydrogens is 395 g/mol. The second-order valence-electron chi connectivity index (χ2n) is 6.72. The molecule has 1 aromatic heterocycles. The molecular formula is C21H18ClFN4O2. The van der Waals surface area contributed by atoms with Crippen LogP contribution in [0.1, 0.15) is 25.1 Å². The Morgan fingerprint density at radius 1 is 1.28 bits per heavy atom. The van der Waals surface area contributed by atoms with Gasteiger partial charge in [-0.1, -0.05) is 42.8 Å². The van der Waals surface area contributed by atoms with Gasteiger partial charge < -0.3 is 10.6 Å². The number of nitrogens with zero attached hydrogens (tertiary/aromatic N) is 2. The smallest absolute Gasteiger partial charge is 0.251 e. The molecule has 2 N–H and O–H groups in total. The van der Waals surface area contributed by atoms with Gasteiger partial charge in [0.25, 0.3) is 5.91 Å². The molecule has 148 valence electrons. The van der Waals surface area contributed by atoms with Gasteiger partial charge in [-0.15, -0.1) is 0 Å². The van der Waals surface area contributed by atoms with Crippen LogP contribution in [0.3, 0.4) is 0 Å². The van der Waals surface area contributed by atoms with Crippen molar-refractivity contribution in [3.8, 4) is 11.1 Å². The van der Waals surface area contributed by atoms with Crippen LogP contribution < -0.4 is 10.6 Å². The molecule has 1 unspecified atom stereocenters. The maximum Gasteiger partial charge on any atom is 0.251 e. The minimum atomic E-state index is -0.810. The van der Waals surface area contributed by atoms with Crippen molar-refractivity contribution in [3.63, 3.8) is 0 Å². The molecule has 2 amide bonds. The maximum absolute atomic E-state index is 13.8. The average Bonchev–Trinajstić information content (AvgIpc) is 3.19. The molecule has 1 atom stereocenters. The number of fused-ring (bicyclic) bond motifs is 1. The zero-order valence-corrected chi connectivity index (χ0v) is 16.3. The number of anilines is 2. The Morgan fingerprint density at radius 2 is 2.07 bits per heavy atom. The van der Waals surface area contributed by atoms with Crippen LogP contribution in [0.2, 0.25) is 5.02 Å². The fourth-order valence-corrected chi connectivity index (χ4v) is 3.64. The molecule has 6 nitrogen and oxygen atoms in total. The standard InChI is InChI=1S/C21H18ClFN4O2/c1-2-15-19(12-6-5-7-13(22)10-12)20-25-21(29)17(27(20)26-15)11-18(28)24-16-9-4-3-8-14(16)23/h3-10,17H,2,11H2,1H3,(H,24,28)(H,25,29). The van der Waals surface area contributed by atoms with Crippen molar-refractivity contribution in [2.24, 2.45) is 0 Å². The summed E-state index contributed by atoms with van der Waals surface area (Å²) in [6, 6.07) is 12.4. The van der Waals surface area contributed by atoms with Crippen molar-refractivity contribution in [2.45, 2.75) is 25.8 Å². The molecule has 0 saturated heterocycles. The molecule has 0 bridgehead atoms. The summed E-state index contributed by atoms with van der Waals surface area (Å²) in [5, 5.41) is 10.5. The number of halogens is 2. The Bertz CT molecular complexity index is 1110. The molecule has 29 heavy (non-hydrogen) atoms. The lowest BCUT2D eigenvalue weighted by Gasteiger charge is -2.10. The van der Waals surface area contributed by atoms with Gasteiger partial charge in [0.15, 0.2) is 0 Å². The van der Waals surface area contributed by atoms with E-state index in [2.05, 4.69) is 15.7 Å². The van der Waals surface area contributed by atoms with Crippen molar-refractivity contribution in [3.05, 3.63) is 65.1 Å². The van der Waals surface area contributed by atoms with Crippen LogP contribution in [-0.2, 0) is 16.0 Å². The maximum atomic E-state index is 13.8. The van der Waals surface area contributed by atoms with Crippen LogP contribution in [0.4, 0.5) is 15.9 Å². The summed E-state index contributed by atoms with van der Waals surface area (Å²) in [6.45, 7) is 1.97. The highest BCUT2D eigenvalue weighted by molar-refractivity contribution is 6.30. The molecule has 1 aliphatic rings. The lowest BCUT2D eigenvalue weighted by atomic mass is 10.0. The van der Waals surface area contributed by atoms with E-state index in [-0.39, 0.29) is 18.0 Å². The largest absolute Gasteiger partial charge is 0.324 e. The first-order valence-corrected chi connectivity index (χ1v) is 9.58. The minimum Gasteiger partial charge on any atom is -0.324 e. The summed E-state index contributed by atoms with van der Waals surface area (Å²) >= 11 is 6.13. The third-order valence-corrected chi connectivity index (χ3v) is 5.03. The Hall–Kier alpha value is -3.19. The number of para-hydroxylation sites is 1. The van der Waals surface area contributed by atoms with Crippen LogP contribution >= 0.6 is 11.6 Å². The summed E-state index contributed by atoms with van der Waals surface area (Å²) in [4.78, 5) is 25.0. The van der Waals surface area contributed by atoms with Gasteiger partial charge in [0.05, 0.1) is 17.8 Å². The monoisotopic (exact) mass is 412 g/mol. The van der Waals surface area contributed by atoms with E-state index in [0.29, 0.717) is 17.3 Å². The Morgan fingerprint density at radius 3 is 2.79 bits per heavy atom. The van der Waals surface area contributed by atoms with Crippen LogP contribution in [0.25, 0.3) is 11.1 Å². The highest BCUT2D eigenvalue weighted by Crippen LogP contribution is 2.39. The van der Waals surface area contributed by atoms with E-state index < -0.39 is 17.8 Å². The van der Waals surface area contributed by atoms with Crippen molar-refractivity contribution in [1.29, 1.82) is 0 Å². The molecule has 0 spiro atoms. The third kappa shape index (κ3) is 3.61. The van der Waals surface area contributed by atoms with Crippen molar-refractivity contribution in [2.75, 3.05) is 10.6 Å². The summed E-state index contributed by atoms with van der Waals surface area (Å²) in [6.07, 6.45) is 0.485. The number of aryl methyl sites for hydroxylation is 1. The van der Waals surface area contributed by atoms with Gasteiger partial charge in [-0.05, 0) is 36.2 Å². The van der Waals surface area contributed by atoms with Crippen molar-refractivity contribution in [1.82, 2.24) is 9.78 Å². The number of benzene rings is 2. The molecule has 1 aliphatic heterocycles. The Labute approximate surface area is 171 Å². The first-order chi connectivity index (χ1) is 14.0. The van der Waals surface area contributed by atoms with E-state index in [1.54, 1.807) is 16.8 Å². The van der Waals surface area contributed by atoms with Gasteiger partial charge >= 0.3 is 0 Å². The summed E-state index contributed by atoms with van der Waals surface area (Å²) in [7, 11) is 0. The highest BCUT2D eigenvalue weighted by atomic mass is 35.5. The van der Waals surface area contributed by atoms with E-state index in [9.17, 15) is 14.0 Å². The van der Waals surface area contributed by atoms with Crippen LogP contribution in [0, 0.1) is 5.82 Å². The van der Waals surface area contributed by atoms with Gasteiger partial charge in [0.2, 0.25) is 5.91 Å².